The van der Waals surface area contributed by atoms with E-state index in [1.807, 2.05) is 6.92 Å². The topological polar surface area (TPSA) is 68.4 Å². The third kappa shape index (κ3) is 3.08. The Balaban J connectivity index is 2.16. The van der Waals surface area contributed by atoms with Crippen LogP contribution >= 0.6 is 15.9 Å². The second-order valence-electron chi connectivity index (χ2n) is 3.62. The van der Waals surface area contributed by atoms with Gasteiger partial charge >= 0.3 is 0 Å². The summed E-state index contributed by atoms with van der Waals surface area (Å²) in [5.41, 5.74) is 0.513. The SMILES string of the molecule is CCOCCc1noc(-c2cc(Br)ccc2O)n1. The molecule has 0 saturated carbocycles. The highest BCUT2D eigenvalue weighted by Crippen LogP contribution is 2.30. The molecule has 18 heavy (non-hydrogen) atoms. The maximum Gasteiger partial charge on any atom is 0.261 e. The van der Waals surface area contributed by atoms with Crippen LogP contribution in [-0.2, 0) is 11.2 Å². The highest BCUT2D eigenvalue weighted by atomic mass is 79.9. The summed E-state index contributed by atoms with van der Waals surface area (Å²) < 4.78 is 11.2. The average molecular weight is 313 g/mol. The second-order valence-corrected chi connectivity index (χ2v) is 4.54. The predicted octanol–water partition coefficient (Wildman–Crippen LogP) is 2.78. The van der Waals surface area contributed by atoms with Crippen LogP contribution in [0.4, 0.5) is 0 Å². The van der Waals surface area contributed by atoms with Gasteiger partial charge in [0.25, 0.3) is 5.89 Å². The molecule has 96 valence electrons. The molecule has 0 aliphatic heterocycles. The zero-order valence-electron chi connectivity index (χ0n) is 9.89. The minimum Gasteiger partial charge on any atom is -0.507 e. The van der Waals surface area contributed by atoms with Crippen LogP contribution in [-0.4, -0.2) is 28.5 Å². The lowest BCUT2D eigenvalue weighted by Crippen LogP contribution is -1.99. The van der Waals surface area contributed by atoms with Crippen molar-refractivity contribution in [1.82, 2.24) is 10.1 Å². The maximum absolute atomic E-state index is 9.74. The van der Waals surface area contributed by atoms with E-state index in [0.717, 1.165) is 4.47 Å². The molecule has 2 rings (SSSR count). The first-order chi connectivity index (χ1) is 8.70. The fourth-order valence-electron chi connectivity index (χ4n) is 1.45. The van der Waals surface area contributed by atoms with Crippen molar-refractivity contribution in [2.45, 2.75) is 13.3 Å². The van der Waals surface area contributed by atoms with Crippen LogP contribution in [0.3, 0.4) is 0 Å². The Morgan fingerprint density at radius 1 is 1.44 bits per heavy atom. The average Bonchev–Trinajstić information content (AvgIpc) is 2.81. The van der Waals surface area contributed by atoms with Gasteiger partial charge in [0.1, 0.15) is 5.75 Å². The van der Waals surface area contributed by atoms with Crippen molar-refractivity contribution in [3.63, 3.8) is 0 Å². The summed E-state index contributed by atoms with van der Waals surface area (Å²) in [6.45, 7) is 3.15. The molecule has 5 nitrogen and oxygen atoms in total. The molecule has 2 aromatic rings. The summed E-state index contributed by atoms with van der Waals surface area (Å²) in [5, 5.41) is 13.6. The normalized spacial score (nSPS) is 10.8. The van der Waals surface area contributed by atoms with Crippen LogP contribution in [0.1, 0.15) is 12.7 Å². The zero-order chi connectivity index (χ0) is 13.0. The number of nitrogens with zero attached hydrogens (tertiary/aromatic N) is 2. The van der Waals surface area contributed by atoms with Gasteiger partial charge in [-0.25, -0.2) is 0 Å². The number of aromatic hydroxyl groups is 1. The van der Waals surface area contributed by atoms with Crippen molar-refractivity contribution in [3.05, 3.63) is 28.5 Å². The molecule has 0 amide bonds. The molecule has 0 aliphatic rings. The third-order valence-corrected chi connectivity index (χ3v) is 2.82. The highest BCUT2D eigenvalue weighted by molar-refractivity contribution is 9.10. The zero-order valence-corrected chi connectivity index (χ0v) is 11.5. The number of phenols is 1. The second kappa shape index (κ2) is 5.97. The minimum atomic E-state index is 0.109. The van der Waals surface area contributed by atoms with Crippen LogP contribution in [0.2, 0.25) is 0 Å². The maximum atomic E-state index is 9.74. The quantitative estimate of drug-likeness (QED) is 0.860. The number of hydrogen-bond acceptors (Lipinski definition) is 5. The van der Waals surface area contributed by atoms with E-state index < -0.39 is 0 Å². The Kier molecular flexibility index (Phi) is 4.33. The van der Waals surface area contributed by atoms with Gasteiger partial charge in [-0.2, -0.15) is 4.98 Å². The molecule has 0 atom stereocenters. The molecular formula is C12H13BrN2O3. The number of halogens is 1. The van der Waals surface area contributed by atoms with E-state index in [2.05, 4.69) is 26.1 Å². The van der Waals surface area contributed by atoms with Crippen molar-refractivity contribution >= 4 is 15.9 Å². The van der Waals surface area contributed by atoms with Crippen molar-refractivity contribution < 1.29 is 14.4 Å². The van der Waals surface area contributed by atoms with Crippen LogP contribution in [0, 0.1) is 0 Å². The standard InChI is InChI=1S/C12H13BrN2O3/c1-2-17-6-5-11-14-12(18-15-11)9-7-8(13)3-4-10(9)16/h3-4,7,16H,2,5-6H2,1H3. The fraction of sp³-hybridized carbons (Fsp3) is 0.333. The lowest BCUT2D eigenvalue weighted by atomic mass is 10.2. The first-order valence-corrected chi connectivity index (χ1v) is 6.39. The Morgan fingerprint density at radius 3 is 3.06 bits per heavy atom. The number of ether oxygens (including phenoxy) is 1. The molecule has 6 heteroatoms. The molecule has 0 bridgehead atoms. The first-order valence-electron chi connectivity index (χ1n) is 5.60. The van der Waals surface area contributed by atoms with Gasteiger partial charge in [0, 0.05) is 17.5 Å². The van der Waals surface area contributed by atoms with Gasteiger partial charge in [-0.15, -0.1) is 0 Å². The first kappa shape index (κ1) is 13.0. The molecule has 0 fully saturated rings. The van der Waals surface area contributed by atoms with Gasteiger partial charge in [-0.3, -0.25) is 0 Å². The summed E-state index contributed by atoms with van der Waals surface area (Å²) in [4.78, 5) is 4.22. The lowest BCUT2D eigenvalue weighted by Gasteiger charge is -1.99. The van der Waals surface area contributed by atoms with Gasteiger partial charge in [0.05, 0.1) is 12.2 Å². The Labute approximate surface area is 113 Å². The molecule has 0 spiro atoms. The Hall–Kier alpha value is -1.40. The highest BCUT2D eigenvalue weighted by Gasteiger charge is 2.13. The largest absolute Gasteiger partial charge is 0.507 e. The van der Waals surface area contributed by atoms with Gasteiger partial charge in [-0.1, -0.05) is 21.1 Å². The lowest BCUT2D eigenvalue weighted by molar-refractivity contribution is 0.149. The number of hydrogen-bond donors (Lipinski definition) is 1. The van der Waals surface area contributed by atoms with E-state index in [0.29, 0.717) is 36.9 Å². The van der Waals surface area contributed by atoms with E-state index in [9.17, 15) is 5.11 Å². The Bertz CT molecular complexity index is 528. The molecular weight excluding hydrogens is 300 g/mol. The minimum absolute atomic E-state index is 0.109. The van der Waals surface area contributed by atoms with E-state index in [4.69, 9.17) is 9.26 Å². The molecule has 0 unspecified atom stereocenters. The van der Waals surface area contributed by atoms with Gasteiger partial charge in [0.2, 0.25) is 0 Å². The van der Waals surface area contributed by atoms with E-state index in [1.54, 1.807) is 18.2 Å². The van der Waals surface area contributed by atoms with Gasteiger partial charge < -0.3 is 14.4 Å². The fourth-order valence-corrected chi connectivity index (χ4v) is 1.81. The van der Waals surface area contributed by atoms with Crippen molar-refractivity contribution in [3.8, 4) is 17.2 Å². The number of benzene rings is 1. The predicted molar refractivity (Wildman–Crippen MR) is 69.3 cm³/mol. The smallest absolute Gasteiger partial charge is 0.261 e. The molecule has 0 aliphatic carbocycles. The number of aromatic nitrogens is 2. The van der Waals surface area contributed by atoms with Crippen LogP contribution in [0.5, 0.6) is 5.75 Å². The molecule has 1 aromatic carbocycles. The number of rotatable bonds is 5. The Morgan fingerprint density at radius 2 is 2.28 bits per heavy atom. The molecule has 0 radical (unpaired) electrons. The molecule has 0 saturated heterocycles. The summed E-state index contributed by atoms with van der Waals surface area (Å²) in [7, 11) is 0. The monoisotopic (exact) mass is 312 g/mol. The summed E-state index contributed by atoms with van der Waals surface area (Å²) in [6.07, 6.45) is 0.589. The van der Waals surface area contributed by atoms with Crippen molar-refractivity contribution in [2.75, 3.05) is 13.2 Å². The van der Waals surface area contributed by atoms with Crippen molar-refractivity contribution in [2.24, 2.45) is 0 Å². The van der Waals surface area contributed by atoms with Crippen molar-refractivity contribution in [1.29, 1.82) is 0 Å². The van der Waals surface area contributed by atoms with E-state index in [1.165, 1.54) is 0 Å². The van der Waals surface area contributed by atoms with Crippen LogP contribution in [0.15, 0.2) is 27.2 Å². The van der Waals surface area contributed by atoms with E-state index >= 15 is 0 Å². The molecule has 1 aromatic heterocycles. The summed E-state index contributed by atoms with van der Waals surface area (Å²) in [5.74, 6) is 0.983. The molecule has 1 N–H and O–H groups in total. The van der Waals surface area contributed by atoms with Crippen LogP contribution < -0.4 is 0 Å². The summed E-state index contributed by atoms with van der Waals surface area (Å²) in [6, 6.07) is 5.05. The molecule has 1 heterocycles. The van der Waals surface area contributed by atoms with Crippen LogP contribution in [0.25, 0.3) is 11.5 Å². The third-order valence-electron chi connectivity index (χ3n) is 2.33. The van der Waals surface area contributed by atoms with E-state index in [-0.39, 0.29) is 5.75 Å². The summed E-state index contributed by atoms with van der Waals surface area (Å²) >= 11 is 3.33. The number of phenolic OH excluding ortho intramolecular Hbond substituents is 1. The van der Waals surface area contributed by atoms with Gasteiger partial charge in [-0.05, 0) is 25.1 Å². The van der Waals surface area contributed by atoms with Gasteiger partial charge in [0.15, 0.2) is 5.82 Å².